The summed E-state index contributed by atoms with van der Waals surface area (Å²) in [5.41, 5.74) is 9.07. The van der Waals surface area contributed by atoms with Crippen LogP contribution >= 0.6 is 11.6 Å². The SMILES string of the molecule is Cc1c(COc2cc(OCc3cncc(C#N)c3)c(CNCC(O)CC(=O)O)cc2Cl)cccc1-c1cccc(-c2cn(C3CCNCC3)nn2)c1C. The van der Waals surface area contributed by atoms with E-state index >= 15 is 0 Å². The zero-order valence-corrected chi connectivity index (χ0v) is 30.4. The van der Waals surface area contributed by atoms with Crippen LogP contribution in [0.25, 0.3) is 22.4 Å². The van der Waals surface area contributed by atoms with Gasteiger partial charge in [-0.3, -0.25) is 9.78 Å². The van der Waals surface area contributed by atoms with Crippen molar-refractivity contribution in [1.82, 2.24) is 30.6 Å². The van der Waals surface area contributed by atoms with E-state index in [1.807, 2.05) is 16.8 Å². The normalized spacial score (nSPS) is 13.7. The van der Waals surface area contributed by atoms with Gasteiger partial charge in [0.05, 0.1) is 35.3 Å². The molecule has 2 aromatic heterocycles. The second-order valence-corrected chi connectivity index (χ2v) is 13.6. The van der Waals surface area contributed by atoms with Gasteiger partial charge in [0.25, 0.3) is 0 Å². The Labute approximate surface area is 313 Å². The lowest BCUT2D eigenvalue weighted by molar-refractivity contribution is -0.139. The summed E-state index contributed by atoms with van der Waals surface area (Å²) >= 11 is 6.75. The van der Waals surface area contributed by atoms with Crippen molar-refractivity contribution in [2.45, 2.75) is 65.0 Å². The van der Waals surface area contributed by atoms with Crippen molar-refractivity contribution in [1.29, 1.82) is 5.26 Å². The monoisotopic (exact) mass is 735 g/mol. The van der Waals surface area contributed by atoms with E-state index in [2.05, 4.69) is 76.3 Å². The molecule has 3 aromatic carbocycles. The first-order chi connectivity index (χ1) is 25.7. The van der Waals surface area contributed by atoms with E-state index in [-0.39, 0.29) is 32.7 Å². The highest BCUT2D eigenvalue weighted by molar-refractivity contribution is 6.32. The maximum atomic E-state index is 11.0. The number of carbonyl (C=O) groups is 1. The van der Waals surface area contributed by atoms with E-state index in [9.17, 15) is 15.2 Å². The largest absolute Gasteiger partial charge is 0.488 e. The van der Waals surface area contributed by atoms with Gasteiger partial charge in [-0.2, -0.15) is 5.26 Å². The number of aliphatic hydroxyl groups excluding tert-OH is 1. The predicted octanol–water partition coefficient (Wildman–Crippen LogP) is 6.16. The Morgan fingerprint density at radius 3 is 2.53 bits per heavy atom. The lowest BCUT2D eigenvalue weighted by Gasteiger charge is -2.22. The van der Waals surface area contributed by atoms with Crippen LogP contribution in [-0.4, -0.2) is 61.9 Å². The molecule has 0 radical (unpaired) electrons. The van der Waals surface area contributed by atoms with Crippen LogP contribution in [0.4, 0.5) is 0 Å². The number of rotatable bonds is 15. The van der Waals surface area contributed by atoms with Crippen LogP contribution in [0.3, 0.4) is 0 Å². The number of nitrogens with zero attached hydrogens (tertiary/aromatic N) is 5. The highest BCUT2D eigenvalue weighted by Gasteiger charge is 2.20. The molecule has 1 aliphatic rings. The van der Waals surface area contributed by atoms with E-state index < -0.39 is 12.1 Å². The molecule has 0 saturated carbocycles. The van der Waals surface area contributed by atoms with Gasteiger partial charge in [0, 0.05) is 48.2 Å². The molecule has 0 spiro atoms. The standard InChI is InChI=1S/C40H42ClN7O5/c1-25-29(5-3-6-33(25)34-7-4-8-35(26(34)2)37-22-48(47-46-37)31-9-11-43-12-10-31)24-53-39-16-38(52-23-28-13-27(17-42)18-44-19-28)30(14-36(39)41)20-45-21-32(49)15-40(50)51/h3-8,13-14,16,18-19,22,31-32,43,45,49H,9-12,15,20-21,23-24H2,1-2H3,(H,50,51). The Bertz CT molecular complexity index is 2110. The summed E-state index contributed by atoms with van der Waals surface area (Å²) in [6.07, 6.45) is 5.80. The molecule has 13 heteroatoms. The van der Waals surface area contributed by atoms with E-state index in [0.29, 0.717) is 39.3 Å². The van der Waals surface area contributed by atoms with Gasteiger partial charge in [0.1, 0.15) is 36.5 Å². The van der Waals surface area contributed by atoms with Gasteiger partial charge in [-0.15, -0.1) is 5.10 Å². The Morgan fingerprint density at radius 1 is 1.02 bits per heavy atom. The number of piperidine rings is 1. The van der Waals surface area contributed by atoms with E-state index in [1.165, 1.54) is 6.20 Å². The second kappa shape index (κ2) is 17.5. The van der Waals surface area contributed by atoms with Crippen LogP contribution < -0.4 is 20.1 Å². The summed E-state index contributed by atoms with van der Waals surface area (Å²) in [5.74, 6) is -0.194. The van der Waals surface area contributed by atoms with E-state index in [0.717, 1.165) is 65.0 Å². The number of pyridine rings is 1. The molecule has 1 saturated heterocycles. The molecule has 4 N–H and O–H groups in total. The lowest BCUT2D eigenvalue weighted by atomic mass is 9.91. The minimum atomic E-state index is -1.08. The highest BCUT2D eigenvalue weighted by atomic mass is 35.5. The second-order valence-electron chi connectivity index (χ2n) is 13.2. The van der Waals surface area contributed by atoms with Crippen LogP contribution in [0.1, 0.15) is 58.7 Å². The summed E-state index contributed by atoms with van der Waals surface area (Å²) < 4.78 is 14.5. The number of aliphatic carboxylic acids is 1. The van der Waals surface area contributed by atoms with Crippen molar-refractivity contribution in [3.63, 3.8) is 0 Å². The van der Waals surface area contributed by atoms with E-state index in [1.54, 1.807) is 24.4 Å². The fraction of sp³-hybridized carbons (Fsp3) is 0.325. The third-order valence-corrected chi connectivity index (χ3v) is 9.76. The topological polar surface area (TPSA) is 167 Å². The molecule has 6 rings (SSSR count). The number of hydrogen-bond acceptors (Lipinski definition) is 10. The number of aliphatic hydroxyl groups is 1. The van der Waals surface area contributed by atoms with E-state index in [4.69, 9.17) is 26.2 Å². The fourth-order valence-corrected chi connectivity index (χ4v) is 6.78. The lowest BCUT2D eigenvalue weighted by Crippen LogP contribution is -2.29. The van der Waals surface area contributed by atoms with Gasteiger partial charge in [0.2, 0.25) is 0 Å². The fourth-order valence-electron chi connectivity index (χ4n) is 6.54. The number of aromatic nitrogens is 4. The molecular weight excluding hydrogens is 694 g/mol. The summed E-state index contributed by atoms with van der Waals surface area (Å²) in [6, 6.07) is 20.0. The number of nitrogens with one attached hydrogen (secondary N) is 2. The molecular formula is C40H42ClN7O5. The van der Waals surface area contributed by atoms with Crippen LogP contribution in [-0.2, 0) is 24.6 Å². The molecule has 1 fully saturated rings. The summed E-state index contributed by atoms with van der Waals surface area (Å²) in [5, 5.41) is 44.2. The molecule has 53 heavy (non-hydrogen) atoms. The molecule has 0 amide bonds. The molecule has 1 aliphatic heterocycles. The van der Waals surface area contributed by atoms with Crippen LogP contribution in [0.15, 0.2) is 73.2 Å². The van der Waals surface area contributed by atoms with Gasteiger partial charge in [-0.05, 0) is 79.7 Å². The molecule has 1 atom stereocenters. The third-order valence-electron chi connectivity index (χ3n) is 9.46. The van der Waals surface area contributed by atoms with Crippen LogP contribution in [0, 0.1) is 25.2 Å². The van der Waals surface area contributed by atoms with Gasteiger partial charge in [-0.25, -0.2) is 4.68 Å². The molecule has 1 unspecified atom stereocenters. The average molecular weight is 736 g/mol. The molecule has 0 bridgehead atoms. The summed E-state index contributed by atoms with van der Waals surface area (Å²) in [6.45, 7) is 6.86. The molecule has 12 nitrogen and oxygen atoms in total. The molecule has 274 valence electrons. The van der Waals surface area contributed by atoms with Crippen molar-refractivity contribution in [3.05, 3.63) is 112 Å². The smallest absolute Gasteiger partial charge is 0.306 e. The summed E-state index contributed by atoms with van der Waals surface area (Å²) in [7, 11) is 0. The number of benzene rings is 3. The highest BCUT2D eigenvalue weighted by Crippen LogP contribution is 2.37. The third kappa shape index (κ3) is 9.38. The van der Waals surface area contributed by atoms with Crippen molar-refractivity contribution in [2.24, 2.45) is 0 Å². The number of ether oxygens (including phenoxy) is 2. The minimum Gasteiger partial charge on any atom is -0.488 e. The number of carboxylic acids is 1. The van der Waals surface area contributed by atoms with Crippen molar-refractivity contribution < 1.29 is 24.5 Å². The van der Waals surface area contributed by atoms with Gasteiger partial charge >= 0.3 is 5.97 Å². The maximum absolute atomic E-state index is 11.0. The maximum Gasteiger partial charge on any atom is 0.306 e. The number of hydrogen-bond donors (Lipinski definition) is 4. The predicted molar refractivity (Wildman–Crippen MR) is 201 cm³/mol. The van der Waals surface area contributed by atoms with Crippen LogP contribution in [0.2, 0.25) is 5.02 Å². The quantitative estimate of drug-likeness (QED) is 0.0973. The minimum absolute atomic E-state index is 0.0618. The number of halogens is 1. The molecule has 5 aromatic rings. The van der Waals surface area contributed by atoms with Crippen molar-refractivity contribution >= 4 is 17.6 Å². The number of nitriles is 1. The first-order valence-corrected chi connectivity index (χ1v) is 17.9. The zero-order valence-electron chi connectivity index (χ0n) is 29.7. The van der Waals surface area contributed by atoms with Gasteiger partial charge < -0.3 is 30.3 Å². The van der Waals surface area contributed by atoms with Crippen LogP contribution in [0.5, 0.6) is 11.5 Å². The van der Waals surface area contributed by atoms with Gasteiger partial charge in [0.15, 0.2) is 0 Å². The first kappa shape index (κ1) is 37.4. The Balaban J connectivity index is 1.21. The summed E-state index contributed by atoms with van der Waals surface area (Å²) in [4.78, 5) is 15.1. The number of carboxylic acid groups (broad SMARTS) is 1. The van der Waals surface area contributed by atoms with Crippen molar-refractivity contribution in [3.8, 4) is 40.0 Å². The molecule has 3 heterocycles. The first-order valence-electron chi connectivity index (χ1n) is 17.5. The Hall–Kier alpha value is -5.32. The Kier molecular flexibility index (Phi) is 12.3. The van der Waals surface area contributed by atoms with Crippen molar-refractivity contribution in [2.75, 3.05) is 19.6 Å². The zero-order chi connectivity index (χ0) is 37.3. The molecule has 0 aliphatic carbocycles. The Morgan fingerprint density at radius 2 is 1.75 bits per heavy atom. The average Bonchev–Trinajstić information content (AvgIpc) is 3.65. The van der Waals surface area contributed by atoms with Gasteiger partial charge in [-0.1, -0.05) is 53.2 Å².